The second-order valence-corrected chi connectivity index (χ2v) is 4.62. The van der Waals surface area contributed by atoms with Gasteiger partial charge in [-0.25, -0.2) is 13.8 Å². The average molecular weight is 271 g/mol. The molecule has 1 aliphatic rings. The number of halogens is 2. The van der Waals surface area contributed by atoms with E-state index in [1.165, 1.54) is 0 Å². The average Bonchev–Trinajstić information content (AvgIpc) is 2.42. The fourth-order valence-electron chi connectivity index (χ4n) is 2.07. The Morgan fingerprint density at radius 1 is 1.21 bits per heavy atom. The Bertz CT molecular complexity index is 423. The van der Waals surface area contributed by atoms with Crippen LogP contribution in [0.5, 0.6) is 0 Å². The maximum Gasteiger partial charge on any atom is 0.168 e. The van der Waals surface area contributed by atoms with Crippen molar-refractivity contribution in [2.24, 2.45) is 5.92 Å². The van der Waals surface area contributed by atoms with Gasteiger partial charge in [0.2, 0.25) is 0 Å². The fourth-order valence-corrected chi connectivity index (χ4v) is 2.07. The molecule has 2 N–H and O–H groups in total. The highest BCUT2D eigenvalue weighted by atomic mass is 19.1. The van der Waals surface area contributed by atoms with E-state index < -0.39 is 11.6 Å². The summed E-state index contributed by atoms with van der Waals surface area (Å²) in [6.45, 7) is 4.49. The summed E-state index contributed by atoms with van der Waals surface area (Å²) in [5.41, 5.74) is 0. The predicted octanol–water partition coefficient (Wildman–Crippen LogP) is 2.63. The summed E-state index contributed by atoms with van der Waals surface area (Å²) in [7, 11) is 0. The van der Waals surface area contributed by atoms with E-state index in [1.807, 2.05) is 6.92 Å². The maximum atomic E-state index is 13.6. The van der Waals surface area contributed by atoms with Crippen LogP contribution in [0.3, 0.4) is 0 Å². The van der Waals surface area contributed by atoms with E-state index in [2.05, 4.69) is 15.6 Å². The van der Waals surface area contributed by atoms with E-state index in [1.54, 1.807) is 0 Å². The molecule has 106 valence electrons. The third kappa shape index (κ3) is 3.76. The summed E-state index contributed by atoms with van der Waals surface area (Å²) in [6.07, 6.45) is 1.91. The van der Waals surface area contributed by atoms with Gasteiger partial charge in [-0.2, -0.15) is 0 Å². The molecule has 19 heavy (non-hydrogen) atoms. The Morgan fingerprint density at radius 3 is 2.47 bits per heavy atom. The summed E-state index contributed by atoms with van der Waals surface area (Å²) >= 11 is 0. The van der Waals surface area contributed by atoms with Crippen molar-refractivity contribution in [2.45, 2.75) is 19.8 Å². The monoisotopic (exact) mass is 271 g/mol. The van der Waals surface area contributed by atoms with Crippen LogP contribution < -0.4 is 10.6 Å². The molecule has 6 heteroatoms. The third-order valence-electron chi connectivity index (χ3n) is 3.17. The van der Waals surface area contributed by atoms with Gasteiger partial charge in [0, 0.05) is 32.4 Å². The molecule has 0 unspecified atom stereocenters. The van der Waals surface area contributed by atoms with Gasteiger partial charge in [-0.1, -0.05) is 0 Å². The molecule has 0 radical (unpaired) electrons. The fraction of sp³-hybridized carbons (Fsp3) is 0.615. The Hall–Kier alpha value is -1.43. The molecule has 0 aromatic carbocycles. The zero-order valence-corrected chi connectivity index (χ0v) is 11.0. The van der Waals surface area contributed by atoms with Gasteiger partial charge in [0.15, 0.2) is 23.3 Å². The standard InChI is InChI=1S/C13H19F2N3O/c1-2-16-12-10(14)7-11(15)13(18-12)17-8-9-3-5-19-6-4-9/h7,9H,2-6,8H2,1H3,(H2,16,17,18). The van der Waals surface area contributed by atoms with Crippen molar-refractivity contribution in [1.29, 1.82) is 0 Å². The van der Waals surface area contributed by atoms with E-state index in [4.69, 9.17) is 4.74 Å². The summed E-state index contributed by atoms with van der Waals surface area (Å²) in [5.74, 6) is -0.702. The second kappa shape index (κ2) is 6.65. The number of nitrogens with one attached hydrogen (secondary N) is 2. The van der Waals surface area contributed by atoms with Gasteiger partial charge in [-0.15, -0.1) is 0 Å². The minimum Gasteiger partial charge on any atom is -0.381 e. The minimum absolute atomic E-state index is 0.0818. The van der Waals surface area contributed by atoms with Gasteiger partial charge in [0.05, 0.1) is 0 Å². The van der Waals surface area contributed by atoms with E-state index in [0.717, 1.165) is 32.1 Å². The van der Waals surface area contributed by atoms with Crippen LogP contribution in [0.4, 0.5) is 20.4 Å². The van der Waals surface area contributed by atoms with Crippen molar-refractivity contribution in [3.63, 3.8) is 0 Å². The highest BCUT2D eigenvalue weighted by molar-refractivity contribution is 5.47. The van der Waals surface area contributed by atoms with Crippen molar-refractivity contribution < 1.29 is 13.5 Å². The molecule has 4 nitrogen and oxygen atoms in total. The molecule has 0 saturated carbocycles. The van der Waals surface area contributed by atoms with E-state index in [-0.39, 0.29) is 11.6 Å². The number of nitrogens with zero attached hydrogens (tertiary/aromatic N) is 1. The van der Waals surface area contributed by atoms with Gasteiger partial charge in [0.1, 0.15) is 0 Å². The SMILES string of the molecule is CCNc1nc(NCC2CCOCC2)c(F)cc1F. The number of hydrogen-bond acceptors (Lipinski definition) is 4. The molecule has 0 spiro atoms. The van der Waals surface area contributed by atoms with Gasteiger partial charge in [-0.05, 0) is 25.7 Å². The van der Waals surface area contributed by atoms with E-state index in [0.29, 0.717) is 19.0 Å². The molecule has 0 amide bonds. The third-order valence-corrected chi connectivity index (χ3v) is 3.17. The Balaban J connectivity index is 2.00. The number of rotatable bonds is 5. The largest absolute Gasteiger partial charge is 0.381 e. The van der Waals surface area contributed by atoms with Crippen LogP contribution in [0.2, 0.25) is 0 Å². The summed E-state index contributed by atoms with van der Waals surface area (Å²) in [6, 6.07) is 0.858. The molecule has 2 rings (SSSR count). The predicted molar refractivity (Wildman–Crippen MR) is 70.3 cm³/mol. The minimum atomic E-state index is -0.670. The van der Waals surface area contributed by atoms with Crippen LogP contribution in [-0.2, 0) is 4.74 Å². The lowest BCUT2D eigenvalue weighted by Gasteiger charge is -2.22. The molecule has 0 bridgehead atoms. The van der Waals surface area contributed by atoms with Crippen LogP contribution in [0.15, 0.2) is 6.07 Å². The molecule has 2 heterocycles. The van der Waals surface area contributed by atoms with Crippen molar-refractivity contribution in [2.75, 3.05) is 36.9 Å². The Labute approximate surface area is 111 Å². The molecular weight excluding hydrogens is 252 g/mol. The number of hydrogen-bond donors (Lipinski definition) is 2. The number of aromatic nitrogens is 1. The smallest absolute Gasteiger partial charge is 0.168 e. The van der Waals surface area contributed by atoms with Crippen LogP contribution in [0, 0.1) is 17.6 Å². The van der Waals surface area contributed by atoms with Crippen molar-refractivity contribution in [3.8, 4) is 0 Å². The molecule has 1 aromatic heterocycles. The first-order valence-electron chi connectivity index (χ1n) is 6.62. The van der Waals surface area contributed by atoms with Gasteiger partial charge >= 0.3 is 0 Å². The number of ether oxygens (including phenoxy) is 1. The second-order valence-electron chi connectivity index (χ2n) is 4.62. The van der Waals surface area contributed by atoms with Crippen molar-refractivity contribution in [1.82, 2.24) is 4.98 Å². The van der Waals surface area contributed by atoms with Crippen LogP contribution >= 0.6 is 0 Å². The highest BCUT2D eigenvalue weighted by Crippen LogP contribution is 2.21. The van der Waals surface area contributed by atoms with E-state index >= 15 is 0 Å². The zero-order valence-electron chi connectivity index (χ0n) is 11.0. The molecule has 0 atom stereocenters. The lowest BCUT2D eigenvalue weighted by Crippen LogP contribution is -2.23. The first-order valence-corrected chi connectivity index (χ1v) is 6.62. The Morgan fingerprint density at radius 2 is 1.84 bits per heavy atom. The van der Waals surface area contributed by atoms with Crippen LogP contribution in [-0.4, -0.2) is 31.3 Å². The van der Waals surface area contributed by atoms with Gasteiger partial charge in [0.25, 0.3) is 0 Å². The maximum absolute atomic E-state index is 13.6. The first kappa shape index (κ1) is 14.0. The molecule has 1 fully saturated rings. The van der Waals surface area contributed by atoms with Crippen LogP contribution in [0.25, 0.3) is 0 Å². The van der Waals surface area contributed by atoms with E-state index in [9.17, 15) is 8.78 Å². The lowest BCUT2D eigenvalue weighted by molar-refractivity contribution is 0.0699. The first-order chi connectivity index (χ1) is 9.20. The molecule has 0 aliphatic carbocycles. The molecule has 1 saturated heterocycles. The summed E-state index contributed by atoms with van der Waals surface area (Å²) in [4.78, 5) is 3.94. The topological polar surface area (TPSA) is 46.2 Å². The normalized spacial score (nSPS) is 16.4. The van der Waals surface area contributed by atoms with Gasteiger partial charge in [-0.3, -0.25) is 0 Å². The zero-order chi connectivity index (χ0) is 13.7. The molecule has 1 aromatic rings. The quantitative estimate of drug-likeness (QED) is 0.864. The lowest BCUT2D eigenvalue weighted by atomic mass is 10.0. The summed E-state index contributed by atoms with van der Waals surface area (Å²) < 4.78 is 32.3. The highest BCUT2D eigenvalue weighted by Gasteiger charge is 2.16. The molecule has 1 aliphatic heterocycles. The Kier molecular flexibility index (Phi) is 4.90. The van der Waals surface area contributed by atoms with Crippen molar-refractivity contribution in [3.05, 3.63) is 17.7 Å². The van der Waals surface area contributed by atoms with Crippen LogP contribution in [0.1, 0.15) is 19.8 Å². The summed E-state index contributed by atoms with van der Waals surface area (Å²) in [5, 5.41) is 5.73. The number of anilines is 2. The molecular formula is C13H19F2N3O. The van der Waals surface area contributed by atoms with Crippen molar-refractivity contribution >= 4 is 11.6 Å². The van der Waals surface area contributed by atoms with Gasteiger partial charge < -0.3 is 15.4 Å². The number of pyridine rings is 1.